The van der Waals surface area contributed by atoms with E-state index in [1.54, 1.807) is 36.3 Å². The Bertz CT molecular complexity index is 900. The molecular weight excluding hydrogens is 380 g/mol. The molecule has 30 heavy (non-hydrogen) atoms. The van der Waals surface area contributed by atoms with Crippen LogP contribution in [0, 0.1) is 6.92 Å². The van der Waals surface area contributed by atoms with Crippen LogP contribution in [-0.2, 0) is 4.79 Å². The molecule has 158 valence electrons. The number of para-hydroxylation sites is 1. The fraction of sp³-hybridized carbons (Fsp3) is 0.375. The lowest BCUT2D eigenvalue weighted by molar-refractivity contribution is -0.122. The average Bonchev–Trinajstić information content (AvgIpc) is 2.78. The van der Waals surface area contributed by atoms with Gasteiger partial charge in [0.1, 0.15) is 5.75 Å². The monoisotopic (exact) mass is 408 g/mol. The van der Waals surface area contributed by atoms with Gasteiger partial charge in [0.25, 0.3) is 5.91 Å². The fourth-order valence-corrected chi connectivity index (χ4v) is 3.63. The standard InChI is InChI=1S/C24H28N2O4/c1-17-7-9-18(10-8-17)21(27)11-12-23(28)25-19-13-15-26(16-14-19)24(29)20-5-3-4-6-22(20)30-2/h3-10,19H,11-16H2,1-2H3,(H,25,28). The molecule has 0 aromatic heterocycles. The van der Waals surface area contributed by atoms with Crippen LogP contribution in [0.1, 0.15) is 52.0 Å². The number of ketones is 1. The third kappa shape index (κ3) is 5.47. The van der Waals surface area contributed by atoms with E-state index >= 15 is 0 Å². The minimum atomic E-state index is -0.120. The summed E-state index contributed by atoms with van der Waals surface area (Å²) < 4.78 is 5.28. The number of hydrogen-bond acceptors (Lipinski definition) is 4. The summed E-state index contributed by atoms with van der Waals surface area (Å²) in [4.78, 5) is 39.0. The number of nitrogens with one attached hydrogen (secondary N) is 1. The van der Waals surface area contributed by atoms with Crippen molar-refractivity contribution in [2.24, 2.45) is 0 Å². The van der Waals surface area contributed by atoms with Crippen molar-refractivity contribution >= 4 is 17.6 Å². The summed E-state index contributed by atoms with van der Waals surface area (Å²) in [5.41, 5.74) is 2.29. The molecule has 1 heterocycles. The van der Waals surface area contributed by atoms with Crippen molar-refractivity contribution < 1.29 is 19.1 Å². The SMILES string of the molecule is COc1ccccc1C(=O)N1CCC(NC(=O)CCC(=O)c2ccc(C)cc2)CC1. The first kappa shape index (κ1) is 21.6. The summed E-state index contributed by atoms with van der Waals surface area (Å²) >= 11 is 0. The first-order chi connectivity index (χ1) is 14.5. The van der Waals surface area contributed by atoms with Crippen LogP contribution in [0.25, 0.3) is 0 Å². The van der Waals surface area contributed by atoms with Crippen molar-refractivity contribution in [1.82, 2.24) is 10.2 Å². The van der Waals surface area contributed by atoms with E-state index in [9.17, 15) is 14.4 Å². The minimum Gasteiger partial charge on any atom is -0.496 e. The lowest BCUT2D eigenvalue weighted by Crippen LogP contribution is -2.46. The van der Waals surface area contributed by atoms with Gasteiger partial charge < -0.3 is 15.0 Å². The van der Waals surface area contributed by atoms with Crippen LogP contribution >= 0.6 is 0 Å². The molecule has 1 N–H and O–H groups in total. The van der Waals surface area contributed by atoms with Gasteiger partial charge in [0.15, 0.2) is 5.78 Å². The van der Waals surface area contributed by atoms with E-state index in [-0.39, 0.29) is 36.5 Å². The number of methoxy groups -OCH3 is 1. The highest BCUT2D eigenvalue weighted by Crippen LogP contribution is 2.21. The molecule has 0 radical (unpaired) electrons. The van der Waals surface area contributed by atoms with Gasteiger partial charge >= 0.3 is 0 Å². The molecule has 0 atom stereocenters. The van der Waals surface area contributed by atoms with Gasteiger partial charge in [-0.05, 0) is 31.9 Å². The van der Waals surface area contributed by atoms with Gasteiger partial charge in [-0.3, -0.25) is 14.4 Å². The largest absolute Gasteiger partial charge is 0.496 e. The van der Waals surface area contributed by atoms with Crippen molar-refractivity contribution in [3.63, 3.8) is 0 Å². The second kappa shape index (κ2) is 10.1. The van der Waals surface area contributed by atoms with Gasteiger partial charge in [0, 0.05) is 37.5 Å². The number of nitrogens with zero attached hydrogens (tertiary/aromatic N) is 1. The van der Waals surface area contributed by atoms with Gasteiger partial charge in [0.2, 0.25) is 5.91 Å². The molecule has 0 unspecified atom stereocenters. The highest BCUT2D eigenvalue weighted by atomic mass is 16.5. The molecule has 1 fully saturated rings. The molecule has 3 rings (SSSR count). The molecule has 1 saturated heterocycles. The first-order valence-electron chi connectivity index (χ1n) is 10.3. The number of benzene rings is 2. The number of carbonyl (C=O) groups is 3. The summed E-state index contributed by atoms with van der Waals surface area (Å²) in [6, 6.07) is 14.6. The number of ether oxygens (including phenoxy) is 1. The van der Waals surface area contributed by atoms with E-state index in [1.807, 2.05) is 31.2 Å². The molecule has 2 aromatic rings. The maximum Gasteiger partial charge on any atom is 0.257 e. The molecule has 0 aliphatic carbocycles. The second-order valence-corrected chi connectivity index (χ2v) is 7.62. The van der Waals surface area contributed by atoms with Crippen LogP contribution in [-0.4, -0.2) is 48.7 Å². The molecule has 6 heteroatoms. The zero-order valence-corrected chi connectivity index (χ0v) is 17.5. The van der Waals surface area contributed by atoms with Gasteiger partial charge in [-0.1, -0.05) is 42.0 Å². The molecular formula is C24H28N2O4. The van der Waals surface area contributed by atoms with Crippen LogP contribution in [0.2, 0.25) is 0 Å². The van der Waals surface area contributed by atoms with Crippen LogP contribution in [0.4, 0.5) is 0 Å². The third-order valence-corrected chi connectivity index (χ3v) is 5.44. The number of carbonyl (C=O) groups excluding carboxylic acids is 3. The van der Waals surface area contributed by atoms with Gasteiger partial charge in [-0.25, -0.2) is 0 Å². The Morgan fingerprint density at radius 3 is 2.33 bits per heavy atom. The predicted molar refractivity (Wildman–Crippen MR) is 115 cm³/mol. The summed E-state index contributed by atoms with van der Waals surface area (Å²) in [6.45, 7) is 3.12. The zero-order valence-electron chi connectivity index (χ0n) is 17.5. The quantitative estimate of drug-likeness (QED) is 0.713. The highest BCUT2D eigenvalue weighted by molar-refractivity contribution is 5.98. The Labute approximate surface area is 177 Å². The van der Waals surface area contributed by atoms with Crippen molar-refractivity contribution in [3.8, 4) is 5.75 Å². The predicted octanol–water partition coefficient (Wildman–Crippen LogP) is 3.39. The number of amides is 2. The number of piperidine rings is 1. The van der Waals surface area contributed by atoms with E-state index in [2.05, 4.69) is 5.32 Å². The third-order valence-electron chi connectivity index (χ3n) is 5.44. The van der Waals surface area contributed by atoms with E-state index in [0.717, 1.165) is 5.56 Å². The van der Waals surface area contributed by atoms with Gasteiger partial charge in [-0.2, -0.15) is 0 Å². The molecule has 0 spiro atoms. The summed E-state index contributed by atoms with van der Waals surface area (Å²) in [7, 11) is 1.55. The average molecular weight is 408 g/mol. The first-order valence-corrected chi connectivity index (χ1v) is 10.3. The normalized spacial score (nSPS) is 14.3. The van der Waals surface area contributed by atoms with Crippen molar-refractivity contribution in [2.45, 2.75) is 38.6 Å². The maximum absolute atomic E-state index is 12.8. The topological polar surface area (TPSA) is 75.7 Å². The van der Waals surface area contributed by atoms with Crippen LogP contribution in [0.15, 0.2) is 48.5 Å². The highest BCUT2D eigenvalue weighted by Gasteiger charge is 2.26. The second-order valence-electron chi connectivity index (χ2n) is 7.62. The number of rotatable bonds is 7. The van der Waals surface area contributed by atoms with Crippen LogP contribution in [0.5, 0.6) is 5.75 Å². The minimum absolute atomic E-state index is 0.0219. The van der Waals surface area contributed by atoms with E-state index in [1.165, 1.54) is 0 Å². The van der Waals surface area contributed by atoms with Crippen LogP contribution in [0.3, 0.4) is 0 Å². The Morgan fingerprint density at radius 2 is 1.67 bits per heavy atom. The molecule has 1 aliphatic heterocycles. The smallest absolute Gasteiger partial charge is 0.257 e. The number of likely N-dealkylation sites (tertiary alicyclic amines) is 1. The van der Waals surface area contributed by atoms with E-state index in [0.29, 0.717) is 42.8 Å². The molecule has 0 saturated carbocycles. The number of hydrogen-bond donors (Lipinski definition) is 1. The zero-order chi connectivity index (χ0) is 21.5. The Balaban J connectivity index is 1.44. The number of Topliss-reactive ketones (excluding diaryl/α,β-unsaturated/α-hetero) is 1. The van der Waals surface area contributed by atoms with E-state index < -0.39 is 0 Å². The molecule has 2 amide bonds. The Morgan fingerprint density at radius 1 is 1.00 bits per heavy atom. The van der Waals surface area contributed by atoms with Crippen LogP contribution < -0.4 is 10.1 Å². The lowest BCUT2D eigenvalue weighted by atomic mass is 10.0. The number of aryl methyl sites for hydroxylation is 1. The lowest BCUT2D eigenvalue weighted by Gasteiger charge is -2.32. The van der Waals surface area contributed by atoms with Crippen molar-refractivity contribution in [3.05, 3.63) is 65.2 Å². The Hall–Kier alpha value is -3.15. The fourth-order valence-electron chi connectivity index (χ4n) is 3.63. The van der Waals surface area contributed by atoms with Gasteiger partial charge in [0.05, 0.1) is 12.7 Å². The summed E-state index contributed by atoms with van der Waals surface area (Å²) in [5, 5.41) is 3.00. The summed E-state index contributed by atoms with van der Waals surface area (Å²) in [5.74, 6) is 0.365. The van der Waals surface area contributed by atoms with Crippen molar-refractivity contribution in [1.29, 1.82) is 0 Å². The van der Waals surface area contributed by atoms with E-state index in [4.69, 9.17) is 4.74 Å². The molecule has 6 nitrogen and oxygen atoms in total. The van der Waals surface area contributed by atoms with Gasteiger partial charge in [-0.15, -0.1) is 0 Å². The maximum atomic E-state index is 12.8. The van der Waals surface area contributed by atoms with Crippen molar-refractivity contribution in [2.75, 3.05) is 20.2 Å². The molecule has 1 aliphatic rings. The summed E-state index contributed by atoms with van der Waals surface area (Å²) in [6.07, 6.45) is 1.75. The Kier molecular flexibility index (Phi) is 7.22. The molecule has 2 aromatic carbocycles. The molecule has 0 bridgehead atoms.